The van der Waals surface area contributed by atoms with Crippen molar-refractivity contribution in [2.24, 2.45) is 0 Å². The Kier molecular flexibility index (Phi) is 11.2. The van der Waals surface area contributed by atoms with E-state index in [1.54, 1.807) is 6.08 Å². The van der Waals surface area contributed by atoms with Gasteiger partial charge in [0.15, 0.2) is 5.75 Å². The number of likely N-dealkylation sites (N-methyl/N-ethyl adjacent to an activating group) is 1. The Labute approximate surface area is 248 Å². The van der Waals surface area contributed by atoms with Crippen LogP contribution in [0.1, 0.15) is 12.5 Å². The minimum atomic E-state index is -0.412. The van der Waals surface area contributed by atoms with Gasteiger partial charge in [-0.3, -0.25) is 4.79 Å². The molecule has 2 unspecified atom stereocenters. The minimum Gasteiger partial charge on any atom is -0.489 e. The van der Waals surface area contributed by atoms with Crippen LogP contribution in [-0.2, 0) is 20.7 Å². The van der Waals surface area contributed by atoms with Gasteiger partial charge in [-0.2, -0.15) is 0 Å². The molecule has 6 nitrogen and oxygen atoms in total. The summed E-state index contributed by atoms with van der Waals surface area (Å²) >= 11 is 9.09. The number of epoxide rings is 1. The van der Waals surface area contributed by atoms with Crippen molar-refractivity contribution in [1.29, 1.82) is 0 Å². The highest BCUT2D eigenvalue weighted by atomic mass is 127. The van der Waals surface area contributed by atoms with Gasteiger partial charge in [0.25, 0.3) is 0 Å². The lowest BCUT2D eigenvalue weighted by Crippen LogP contribution is -2.39. The van der Waals surface area contributed by atoms with E-state index in [1.807, 2.05) is 31.2 Å². The van der Waals surface area contributed by atoms with Crippen molar-refractivity contribution in [3.8, 4) is 17.2 Å². The number of carbonyl (C=O) groups excluding carboxylic acids is 1. The van der Waals surface area contributed by atoms with Crippen LogP contribution in [0.3, 0.4) is 0 Å². The van der Waals surface area contributed by atoms with E-state index in [1.165, 1.54) is 0 Å². The Bertz CT molecular complexity index is 966. The zero-order valence-corrected chi connectivity index (χ0v) is 26.5. The SMILES string of the molecule is C=CCOC(=O)C(Cc1cc(I)c(Oc2cc(I)c(OCC3CO3)c(I)c2)c(I)c1)NCC. The van der Waals surface area contributed by atoms with Gasteiger partial charge in [-0.1, -0.05) is 19.6 Å². The maximum atomic E-state index is 12.4. The molecule has 2 aromatic rings. The van der Waals surface area contributed by atoms with Crippen LogP contribution in [0.15, 0.2) is 36.9 Å². The van der Waals surface area contributed by atoms with Gasteiger partial charge in [0, 0.05) is 0 Å². The maximum absolute atomic E-state index is 12.4. The third-order valence-corrected chi connectivity index (χ3v) is 7.79. The smallest absolute Gasteiger partial charge is 0.323 e. The van der Waals surface area contributed by atoms with E-state index >= 15 is 0 Å². The first-order valence-corrected chi connectivity index (χ1v) is 14.5. The Morgan fingerprint density at radius 1 is 1.15 bits per heavy atom. The van der Waals surface area contributed by atoms with Crippen LogP contribution in [0.25, 0.3) is 0 Å². The highest BCUT2D eigenvalue weighted by molar-refractivity contribution is 14.1. The zero-order chi connectivity index (χ0) is 24.0. The average molecular weight is 901 g/mol. The van der Waals surface area contributed by atoms with Crippen molar-refractivity contribution in [2.75, 3.05) is 26.4 Å². The first-order chi connectivity index (χ1) is 15.8. The van der Waals surface area contributed by atoms with Crippen LogP contribution in [0.4, 0.5) is 0 Å². The quantitative estimate of drug-likeness (QED) is 0.124. The molecule has 33 heavy (non-hydrogen) atoms. The van der Waals surface area contributed by atoms with Crippen molar-refractivity contribution in [3.05, 3.63) is 56.8 Å². The minimum absolute atomic E-state index is 0.207. The van der Waals surface area contributed by atoms with E-state index in [4.69, 9.17) is 18.9 Å². The number of halogens is 4. The monoisotopic (exact) mass is 901 g/mol. The predicted molar refractivity (Wildman–Crippen MR) is 161 cm³/mol. The molecule has 0 saturated carbocycles. The largest absolute Gasteiger partial charge is 0.489 e. The summed E-state index contributed by atoms with van der Waals surface area (Å²) in [5.74, 6) is 2.13. The fourth-order valence-corrected chi connectivity index (χ4v) is 7.12. The number of carbonyl (C=O) groups is 1. The van der Waals surface area contributed by atoms with Crippen LogP contribution in [0.2, 0.25) is 0 Å². The molecule has 2 atom stereocenters. The van der Waals surface area contributed by atoms with Gasteiger partial charge in [0.05, 0.1) is 20.9 Å². The number of rotatable bonds is 12. The molecule has 1 aliphatic heterocycles. The average Bonchev–Trinajstić information content (AvgIpc) is 3.58. The second-order valence-electron chi connectivity index (χ2n) is 7.21. The summed E-state index contributed by atoms with van der Waals surface area (Å²) in [6, 6.07) is 7.63. The van der Waals surface area contributed by atoms with E-state index in [2.05, 4.69) is 102 Å². The van der Waals surface area contributed by atoms with E-state index < -0.39 is 6.04 Å². The standard InChI is InChI=1S/C23H23I4NO5/c1-3-5-30-23(29)20(28-4-2)8-13-6-16(24)22(17(25)7-13)33-14-9-18(26)21(19(27)10-14)32-12-15-11-31-15/h3,6-7,9-10,15,20,28H,1,4-5,8,11-12H2,2H3. The molecule has 0 amide bonds. The zero-order valence-electron chi connectivity index (χ0n) is 17.8. The highest BCUT2D eigenvalue weighted by Crippen LogP contribution is 2.37. The Balaban J connectivity index is 1.74. The number of hydrogen-bond acceptors (Lipinski definition) is 6. The van der Waals surface area contributed by atoms with E-state index in [0.717, 1.165) is 43.7 Å². The number of ether oxygens (including phenoxy) is 4. The van der Waals surface area contributed by atoms with Crippen molar-refractivity contribution in [1.82, 2.24) is 5.32 Å². The van der Waals surface area contributed by atoms with Gasteiger partial charge in [-0.25, -0.2) is 0 Å². The Morgan fingerprint density at radius 2 is 1.76 bits per heavy atom. The summed E-state index contributed by atoms with van der Waals surface area (Å²) in [5, 5.41) is 3.21. The molecule has 1 saturated heterocycles. The lowest BCUT2D eigenvalue weighted by molar-refractivity contribution is -0.144. The molecule has 1 aliphatic rings. The van der Waals surface area contributed by atoms with Crippen LogP contribution < -0.4 is 14.8 Å². The molecule has 1 heterocycles. The van der Waals surface area contributed by atoms with Gasteiger partial charge in [0.1, 0.15) is 36.9 Å². The summed E-state index contributed by atoms with van der Waals surface area (Å²) in [5.41, 5.74) is 1.04. The molecular formula is C23H23I4NO5. The molecule has 1 fully saturated rings. The Hall–Kier alpha value is 0.0900. The third kappa shape index (κ3) is 8.32. The maximum Gasteiger partial charge on any atom is 0.323 e. The van der Waals surface area contributed by atoms with Crippen molar-refractivity contribution in [3.63, 3.8) is 0 Å². The Morgan fingerprint density at radius 3 is 2.30 bits per heavy atom. The van der Waals surface area contributed by atoms with E-state index in [-0.39, 0.29) is 18.7 Å². The lowest BCUT2D eigenvalue weighted by atomic mass is 10.1. The number of benzene rings is 2. The molecule has 178 valence electrons. The first kappa shape index (κ1) is 27.7. The molecule has 0 spiro atoms. The van der Waals surface area contributed by atoms with Gasteiger partial charge in [-0.15, -0.1) is 0 Å². The molecule has 0 bridgehead atoms. The molecule has 2 aromatic carbocycles. The summed E-state index contributed by atoms with van der Waals surface area (Å²) < 4.78 is 26.6. The molecule has 0 radical (unpaired) electrons. The molecule has 10 heteroatoms. The molecule has 0 aromatic heterocycles. The first-order valence-electron chi connectivity index (χ1n) is 10.2. The van der Waals surface area contributed by atoms with Crippen molar-refractivity contribution >= 4 is 96.3 Å². The number of nitrogens with one attached hydrogen (secondary N) is 1. The van der Waals surface area contributed by atoms with Gasteiger partial charge < -0.3 is 24.3 Å². The molecule has 0 aliphatic carbocycles. The van der Waals surface area contributed by atoms with Crippen molar-refractivity contribution < 1.29 is 23.7 Å². The number of hydrogen-bond donors (Lipinski definition) is 1. The van der Waals surface area contributed by atoms with Gasteiger partial charge in [0.2, 0.25) is 0 Å². The van der Waals surface area contributed by atoms with Crippen LogP contribution in [0.5, 0.6) is 17.2 Å². The molecule has 1 N–H and O–H groups in total. The summed E-state index contributed by atoms with van der Waals surface area (Å²) in [7, 11) is 0. The summed E-state index contributed by atoms with van der Waals surface area (Å²) in [6.45, 7) is 7.79. The summed E-state index contributed by atoms with van der Waals surface area (Å²) in [4.78, 5) is 12.4. The van der Waals surface area contributed by atoms with Gasteiger partial charge >= 0.3 is 5.97 Å². The summed E-state index contributed by atoms with van der Waals surface area (Å²) in [6.07, 6.45) is 2.31. The lowest BCUT2D eigenvalue weighted by Gasteiger charge is -2.18. The van der Waals surface area contributed by atoms with Crippen LogP contribution in [-0.4, -0.2) is 44.5 Å². The highest BCUT2D eigenvalue weighted by Gasteiger charge is 2.24. The van der Waals surface area contributed by atoms with Crippen LogP contribution in [0, 0.1) is 14.3 Å². The van der Waals surface area contributed by atoms with E-state index in [0.29, 0.717) is 19.6 Å². The topological polar surface area (TPSA) is 69.3 Å². The fourth-order valence-electron chi connectivity index (χ4n) is 2.98. The second kappa shape index (κ2) is 13.4. The fraction of sp³-hybridized carbons (Fsp3) is 0.348. The second-order valence-corrected chi connectivity index (χ2v) is 11.9. The third-order valence-electron chi connectivity index (χ3n) is 4.58. The van der Waals surface area contributed by atoms with E-state index in [9.17, 15) is 4.79 Å². The van der Waals surface area contributed by atoms with Crippen molar-refractivity contribution in [2.45, 2.75) is 25.5 Å². The predicted octanol–water partition coefficient (Wildman–Crippen LogP) is 5.92. The van der Waals surface area contributed by atoms with Gasteiger partial charge in [-0.05, 0) is 133 Å². The number of esters is 1. The molecular weight excluding hydrogens is 878 g/mol. The molecule has 3 rings (SSSR count). The normalized spacial score (nSPS) is 15.6. The van der Waals surface area contributed by atoms with Crippen LogP contribution >= 0.6 is 90.4 Å².